The number of ether oxygens (including phenoxy) is 1. The molecule has 194 valence electrons. The van der Waals surface area contributed by atoms with E-state index < -0.39 is 18.0 Å². The largest absolute Gasteiger partial charge is 0.497 e. The summed E-state index contributed by atoms with van der Waals surface area (Å²) < 4.78 is 5.32. The zero-order valence-corrected chi connectivity index (χ0v) is 22.5. The number of aromatic nitrogens is 1. The Hall–Kier alpha value is -2.53. The second-order valence-electron chi connectivity index (χ2n) is 9.15. The molecular formula is C28H27Cl3N2O4. The monoisotopic (exact) mass is 560 g/mol. The van der Waals surface area contributed by atoms with Gasteiger partial charge in [-0.25, -0.2) is 0 Å². The van der Waals surface area contributed by atoms with Crippen molar-refractivity contribution in [3.8, 4) is 17.6 Å². The highest BCUT2D eigenvalue weighted by molar-refractivity contribution is 6.39. The van der Waals surface area contributed by atoms with Crippen LogP contribution in [0, 0.1) is 23.7 Å². The van der Waals surface area contributed by atoms with Gasteiger partial charge in [0.25, 0.3) is 0 Å². The first-order valence-corrected chi connectivity index (χ1v) is 13.1. The molecule has 2 aromatic carbocycles. The summed E-state index contributed by atoms with van der Waals surface area (Å²) in [6, 6.07) is 10.5. The number of fused-ring (bicyclic) bond motifs is 1. The molecule has 2 N–H and O–H groups in total. The number of hydrogen-bond donors (Lipinski definition) is 2. The van der Waals surface area contributed by atoms with E-state index in [1.165, 1.54) is 0 Å². The number of halogens is 3. The molecular weight excluding hydrogens is 535 g/mol. The van der Waals surface area contributed by atoms with Crippen LogP contribution in [0.4, 0.5) is 0 Å². The summed E-state index contributed by atoms with van der Waals surface area (Å²) in [7, 11) is 1.60. The van der Waals surface area contributed by atoms with E-state index in [9.17, 15) is 15.0 Å². The average molecular weight is 562 g/mol. The van der Waals surface area contributed by atoms with Gasteiger partial charge in [-0.2, -0.15) is 0 Å². The van der Waals surface area contributed by atoms with Crippen LogP contribution in [0.25, 0.3) is 10.9 Å². The van der Waals surface area contributed by atoms with Crippen LogP contribution in [0.3, 0.4) is 0 Å². The highest BCUT2D eigenvalue weighted by Gasteiger charge is 2.34. The van der Waals surface area contributed by atoms with Crippen molar-refractivity contribution < 1.29 is 19.7 Å². The molecule has 0 spiro atoms. The van der Waals surface area contributed by atoms with Crippen molar-refractivity contribution in [1.82, 2.24) is 9.88 Å². The highest BCUT2D eigenvalue weighted by atomic mass is 35.5. The molecule has 1 aliphatic heterocycles. The van der Waals surface area contributed by atoms with Crippen LogP contribution < -0.4 is 4.74 Å². The number of carbonyl (C=O) groups is 1. The Bertz CT molecular complexity index is 1330. The lowest BCUT2D eigenvalue weighted by Gasteiger charge is -2.36. The highest BCUT2D eigenvalue weighted by Crippen LogP contribution is 2.34. The van der Waals surface area contributed by atoms with Crippen molar-refractivity contribution >= 4 is 51.7 Å². The number of hydrogen-bond acceptors (Lipinski definition) is 5. The van der Waals surface area contributed by atoms with Gasteiger partial charge < -0.3 is 14.9 Å². The van der Waals surface area contributed by atoms with Crippen molar-refractivity contribution in [1.29, 1.82) is 0 Å². The predicted molar refractivity (Wildman–Crippen MR) is 147 cm³/mol. The zero-order valence-electron chi connectivity index (χ0n) is 20.3. The number of aliphatic hydroxyl groups is 1. The quantitative estimate of drug-likeness (QED) is 0.340. The van der Waals surface area contributed by atoms with Crippen LogP contribution in [0.15, 0.2) is 42.6 Å². The van der Waals surface area contributed by atoms with E-state index in [2.05, 4.69) is 16.8 Å². The number of carboxylic acids is 1. The third kappa shape index (κ3) is 6.67. The van der Waals surface area contributed by atoms with E-state index in [0.29, 0.717) is 58.7 Å². The molecule has 9 heteroatoms. The maximum absolute atomic E-state index is 12.1. The number of aliphatic hydroxyl groups excluding tert-OH is 1. The molecule has 37 heavy (non-hydrogen) atoms. The minimum Gasteiger partial charge on any atom is -0.497 e. The predicted octanol–water partition coefficient (Wildman–Crippen LogP) is 6.09. The van der Waals surface area contributed by atoms with Gasteiger partial charge in [0.15, 0.2) is 0 Å². The van der Waals surface area contributed by atoms with Gasteiger partial charge in [0.05, 0.1) is 46.8 Å². The Morgan fingerprint density at radius 3 is 2.68 bits per heavy atom. The molecule has 4 rings (SSSR count). The SMILES string of the molecule is COc1ccc2nccc(C(O)CC[C@@H]3CCN(CC#Cc4c(Cl)cc(Cl)cc4Cl)C[C@@H]3C(=O)O)c2c1. The first-order chi connectivity index (χ1) is 17.8. The molecule has 6 nitrogen and oxygen atoms in total. The first-order valence-electron chi connectivity index (χ1n) is 12.0. The average Bonchev–Trinajstić information content (AvgIpc) is 2.88. The van der Waals surface area contributed by atoms with E-state index in [1.807, 2.05) is 29.2 Å². The number of carboxylic acid groups (broad SMARTS) is 1. The van der Waals surface area contributed by atoms with Gasteiger partial charge in [-0.3, -0.25) is 14.7 Å². The molecule has 1 saturated heterocycles. The Balaban J connectivity index is 1.39. The van der Waals surface area contributed by atoms with Crippen LogP contribution in [-0.2, 0) is 4.79 Å². The molecule has 3 atom stereocenters. The number of likely N-dealkylation sites (tertiary alicyclic amines) is 1. The number of aliphatic carboxylic acids is 1. The lowest BCUT2D eigenvalue weighted by molar-refractivity contribution is -0.146. The maximum Gasteiger partial charge on any atom is 0.308 e. The summed E-state index contributed by atoms with van der Waals surface area (Å²) in [6.07, 6.45) is 2.71. The van der Waals surface area contributed by atoms with Gasteiger partial charge >= 0.3 is 5.97 Å². The molecule has 1 aromatic heterocycles. The summed E-state index contributed by atoms with van der Waals surface area (Å²) in [4.78, 5) is 18.5. The van der Waals surface area contributed by atoms with Gasteiger partial charge in [0.2, 0.25) is 0 Å². The number of piperidine rings is 1. The summed E-state index contributed by atoms with van der Waals surface area (Å²) in [6.45, 7) is 1.51. The standard InChI is InChI=1S/C28H27Cl3N2O4/c1-37-19-5-6-26-22(15-19)20(8-10-32-26)27(34)7-4-17-9-12-33(16-23(17)28(35)36)11-2-3-21-24(30)13-18(29)14-25(21)31/h5-6,8,10,13-15,17,23,27,34H,4,7,9,11-12,16H2,1H3,(H,35,36)/t17-,23+,27?/m1/s1. The number of nitrogens with zero attached hydrogens (tertiary/aromatic N) is 2. The smallest absolute Gasteiger partial charge is 0.308 e. The van der Waals surface area contributed by atoms with Gasteiger partial charge in [0.1, 0.15) is 5.75 Å². The van der Waals surface area contributed by atoms with Crippen LogP contribution in [-0.4, -0.2) is 52.8 Å². The third-order valence-electron chi connectivity index (χ3n) is 6.83. The Labute approximate surface area is 231 Å². The number of rotatable bonds is 7. The topological polar surface area (TPSA) is 82.9 Å². The summed E-state index contributed by atoms with van der Waals surface area (Å²) in [5.74, 6) is 5.32. The number of methoxy groups -OCH3 is 1. The van der Waals surface area contributed by atoms with Crippen LogP contribution in [0.1, 0.15) is 36.5 Å². The second-order valence-corrected chi connectivity index (χ2v) is 10.4. The normalized spacial score (nSPS) is 18.7. The fourth-order valence-electron chi connectivity index (χ4n) is 4.83. The molecule has 0 saturated carbocycles. The van der Waals surface area contributed by atoms with E-state index >= 15 is 0 Å². The zero-order chi connectivity index (χ0) is 26.5. The second kappa shape index (κ2) is 12.3. The van der Waals surface area contributed by atoms with Gasteiger partial charge in [0, 0.05) is 23.2 Å². The molecule has 3 aromatic rings. The summed E-state index contributed by atoms with van der Waals surface area (Å²) >= 11 is 18.3. The van der Waals surface area contributed by atoms with Crippen molar-refractivity contribution in [2.45, 2.75) is 25.4 Å². The minimum absolute atomic E-state index is 0.0425. The van der Waals surface area contributed by atoms with Crippen LogP contribution in [0.5, 0.6) is 5.75 Å². The summed E-state index contributed by atoms with van der Waals surface area (Å²) in [5.41, 5.74) is 2.05. The Kier molecular flexibility index (Phi) is 9.17. The first kappa shape index (κ1) is 27.5. The molecule has 1 unspecified atom stereocenters. The van der Waals surface area contributed by atoms with Crippen molar-refractivity contribution in [3.05, 3.63) is 68.8 Å². The Morgan fingerprint density at radius 1 is 1.22 bits per heavy atom. The van der Waals surface area contributed by atoms with Crippen molar-refractivity contribution in [2.75, 3.05) is 26.7 Å². The van der Waals surface area contributed by atoms with Gasteiger partial charge in [-0.1, -0.05) is 46.6 Å². The molecule has 1 aliphatic rings. The van der Waals surface area contributed by atoms with E-state index in [4.69, 9.17) is 39.5 Å². The van der Waals surface area contributed by atoms with Gasteiger partial charge in [-0.15, -0.1) is 0 Å². The molecule has 0 aliphatic carbocycles. The molecule has 0 bridgehead atoms. The fourth-order valence-corrected chi connectivity index (χ4v) is 5.74. The third-order valence-corrected chi connectivity index (χ3v) is 7.65. The fraction of sp³-hybridized carbons (Fsp3) is 0.357. The van der Waals surface area contributed by atoms with Crippen LogP contribution >= 0.6 is 34.8 Å². The maximum atomic E-state index is 12.1. The van der Waals surface area contributed by atoms with E-state index in [0.717, 1.165) is 23.0 Å². The van der Waals surface area contributed by atoms with Crippen molar-refractivity contribution in [2.24, 2.45) is 11.8 Å². The molecule has 1 fully saturated rings. The number of benzene rings is 2. The Morgan fingerprint density at radius 2 is 1.97 bits per heavy atom. The minimum atomic E-state index is -0.833. The lowest BCUT2D eigenvalue weighted by Crippen LogP contribution is -2.44. The molecule has 0 amide bonds. The molecule has 2 heterocycles. The van der Waals surface area contributed by atoms with Gasteiger partial charge in [-0.05, 0) is 73.7 Å². The van der Waals surface area contributed by atoms with Crippen molar-refractivity contribution in [3.63, 3.8) is 0 Å². The summed E-state index contributed by atoms with van der Waals surface area (Å²) in [5, 5.41) is 22.9. The molecule has 0 radical (unpaired) electrons. The lowest BCUT2D eigenvalue weighted by atomic mass is 9.81. The van der Waals surface area contributed by atoms with E-state index in [-0.39, 0.29) is 5.92 Å². The number of pyridine rings is 1. The van der Waals surface area contributed by atoms with E-state index in [1.54, 1.807) is 25.4 Å². The van der Waals surface area contributed by atoms with Crippen LogP contribution in [0.2, 0.25) is 15.1 Å².